The highest BCUT2D eigenvalue weighted by Crippen LogP contribution is 2.27. The Morgan fingerprint density at radius 1 is 1.47 bits per heavy atom. The van der Waals surface area contributed by atoms with E-state index in [-0.39, 0.29) is 6.04 Å². The molecule has 0 saturated heterocycles. The van der Waals surface area contributed by atoms with Gasteiger partial charge in [-0.15, -0.1) is 0 Å². The quantitative estimate of drug-likeness (QED) is 0.632. The van der Waals surface area contributed by atoms with Crippen molar-refractivity contribution in [1.82, 2.24) is 5.43 Å². The first-order valence-electron chi connectivity index (χ1n) is 5.70. The Morgan fingerprint density at radius 3 is 2.94 bits per heavy atom. The molecule has 3 nitrogen and oxygen atoms in total. The zero-order chi connectivity index (χ0) is 12.3. The van der Waals surface area contributed by atoms with Crippen molar-refractivity contribution in [2.24, 2.45) is 5.84 Å². The summed E-state index contributed by atoms with van der Waals surface area (Å²) < 4.78 is 5.90. The molecule has 0 radical (unpaired) electrons. The highest BCUT2D eigenvalue weighted by molar-refractivity contribution is 7.98. The molecule has 1 atom stereocenters. The van der Waals surface area contributed by atoms with Crippen LogP contribution in [-0.2, 0) is 0 Å². The number of hydrogen-bond acceptors (Lipinski definition) is 4. The van der Waals surface area contributed by atoms with Crippen LogP contribution in [0.25, 0.3) is 11.0 Å². The molecule has 0 aliphatic carbocycles. The molecule has 3 N–H and O–H groups in total. The summed E-state index contributed by atoms with van der Waals surface area (Å²) >= 11 is 1.81. The summed E-state index contributed by atoms with van der Waals surface area (Å²) in [6.07, 6.45) is 3.06. The second-order valence-corrected chi connectivity index (χ2v) is 5.13. The van der Waals surface area contributed by atoms with Crippen LogP contribution in [0.15, 0.2) is 28.7 Å². The number of hydrazine groups is 1. The molecule has 0 amide bonds. The normalized spacial score (nSPS) is 13.1. The van der Waals surface area contributed by atoms with Crippen LogP contribution in [0.4, 0.5) is 0 Å². The number of nitrogens with one attached hydrogen (secondary N) is 1. The lowest BCUT2D eigenvalue weighted by Gasteiger charge is -2.11. The molecule has 92 valence electrons. The Kier molecular flexibility index (Phi) is 4.10. The van der Waals surface area contributed by atoms with Gasteiger partial charge in [0.25, 0.3) is 0 Å². The monoisotopic (exact) mass is 250 g/mol. The molecular formula is C13H18N2OS. The summed E-state index contributed by atoms with van der Waals surface area (Å²) in [5.74, 6) is 7.57. The van der Waals surface area contributed by atoms with E-state index in [0.717, 1.165) is 34.5 Å². The minimum absolute atomic E-state index is 0.0919. The third kappa shape index (κ3) is 2.65. The first-order chi connectivity index (χ1) is 8.26. The Hall–Kier alpha value is -0.970. The van der Waals surface area contributed by atoms with Crippen molar-refractivity contribution in [3.05, 3.63) is 35.6 Å². The first-order valence-corrected chi connectivity index (χ1v) is 7.09. The number of benzene rings is 1. The van der Waals surface area contributed by atoms with E-state index in [1.165, 1.54) is 0 Å². The number of furan rings is 1. The lowest BCUT2D eigenvalue weighted by atomic mass is 10.1. The lowest BCUT2D eigenvalue weighted by molar-refractivity contribution is 0.429. The Bertz CT molecular complexity index is 495. The molecule has 2 aromatic rings. The highest BCUT2D eigenvalue weighted by atomic mass is 32.2. The molecule has 1 heterocycles. The third-order valence-corrected chi connectivity index (χ3v) is 3.56. The summed E-state index contributed by atoms with van der Waals surface area (Å²) in [7, 11) is 0. The van der Waals surface area contributed by atoms with Crippen LogP contribution in [0.1, 0.15) is 23.8 Å². The van der Waals surface area contributed by atoms with Crippen molar-refractivity contribution in [2.45, 2.75) is 19.4 Å². The van der Waals surface area contributed by atoms with E-state index in [0.29, 0.717) is 0 Å². The molecule has 1 aromatic heterocycles. The molecule has 0 aliphatic rings. The van der Waals surface area contributed by atoms with Gasteiger partial charge in [0, 0.05) is 5.39 Å². The molecule has 0 spiro atoms. The fraction of sp³-hybridized carbons (Fsp3) is 0.385. The van der Waals surface area contributed by atoms with Gasteiger partial charge >= 0.3 is 0 Å². The van der Waals surface area contributed by atoms with Crippen molar-refractivity contribution in [3.63, 3.8) is 0 Å². The predicted octanol–water partition coefficient (Wildman–Crippen LogP) is 3.00. The molecule has 0 aliphatic heterocycles. The van der Waals surface area contributed by atoms with Gasteiger partial charge in [-0.05, 0) is 37.0 Å². The Morgan fingerprint density at radius 2 is 2.29 bits per heavy atom. The number of aryl methyl sites for hydroxylation is 1. The van der Waals surface area contributed by atoms with E-state index in [1.807, 2.05) is 17.8 Å². The van der Waals surface area contributed by atoms with Gasteiger partial charge in [0.05, 0.1) is 6.04 Å². The zero-order valence-corrected chi connectivity index (χ0v) is 11.0. The molecule has 0 saturated carbocycles. The van der Waals surface area contributed by atoms with Gasteiger partial charge in [0.2, 0.25) is 0 Å². The minimum atomic E-state index is 0.0919. The molecule has 0 fully saturated rings. The number of nitrogens with two attached hydrogens (primary N) is 1. The molecule has 0 bridgehead atoms. The topological polar surface area (TPSA) is 51.2 Å². The maximum absolute atomic E-state index is 5.90. The number of fused-ring (bicyclic) bond motifs is 1. The van der Waals surface area contributed by atoms with Gasteiger partial charge in [-0.3, -0.25) is 5.84 Å². The van der Waals surface area contributed by atoms with Crippen molar-refractivity contribution in [2.75, 3.05) is 12.0 Å². The average molecular weight is 250 g/mol. The Labute approximate surface area is 106 Å². The van der Waals surface area contributed by atoms with Crippen LogP contribution < -0.4 is 11.3 Å². The van der Waals surface area contributed by atoms with Crippen molar-refractivity contribution < 1.29 is 4.42 Å². The fourth-order valence-electron chi connectivity index (χ4n) is 1.94. The summed E-state index contributed by atoms with van der Waals surface area (Å²) in [5, 5.41) is 1.14. The van der Waals surface area contributed by atoms with Crippen molar-refractivity contribution >= 4 is 22.7 Å². The van der Waals surface area contributed by atoms with E-state index >= 15 is 0 Å². The van der Waals surface area contributed by atoms with E-state index in [9.17, 15) is 0 Å². The standard InChI is InChI=1S/C13H18N2OS/c1-9-4-3-5-10-8-12(16-13(9)10)11(15-14)6-7-17-2/h3-5,8,11,15H,6-7,14H2,1-2H3. The highest BCUT2D eigenvalue weighted by Gasteiger charge is 2.15. The third-order valence-electron chi connectivity index (χ3n) is 2.92. The van der Waals surface area contributed by atoms with Crippen LogP contribution in [0.5, 0.6) is 0 Å². The summed E-state index contributed by atoms with van der Waals surface area (Å²) in [5.41, 5.74) is 4.95. The fourth-order valence-corrected chi connectivity index (χ4v) is 2.42. The number of thioether (sulfide) groups is 1. The van der Waals surface area contributed by atoms with Crippen molar-refractivity contribution in [3.8, 4) is 0 Å². The Balaban J connectivity index is 2.31. The molecule has 2 rings (SSSR count). The summed E-state index contributed by atoms with van der Waals surface area (Å²) in [6, 6.07) is 8.34. The van der Waals surface area contributed by atoms with E-state index in [1.54, 1.807) is 0 Å². The van der Waals surface area contributed by atoms with Crippen LogP contribution >= 0.6 is 11.8 Å². The first kappa shape index (κ1) is 12.5. The second-order valence-electron chi connectivity index (χ2n) is 4.14. The van der Waals surface area contributed by atoms with Crippen LogP contribution in [-0.4, -0.2) is 12.0 Å². The largest absolute Gasteiger partial charge is 0.459 e. The minimum Gasteiger partial charge on any atom is -0.459 e. The molecule has 1 unspecified atom stereocenters. The van der Waals surface area contributed by atoms with Crippen molar-refractivity contribution in [1.29, 1.82) is 0 Å². The van der Waals surface area contributed by atoms with Gasteiger partial charge in [0.1, 0.15) is 11.3 Å². The summed E-state index contributed by atoms with van der Waals surface area (Å²) in [6.45, 7) is 2.06. The number of para-hydroxylation sites is 1. The van der Waals surface area contributed by atoms with E-state index < -0.39 is 0 Å². The lowest BCUT2D eigenvalue weighted by Crippen LogP contribution is -2.28. The van der Waals surface area contributed by atoms with Gasteiger partial charge in [-0.2, -0.15) is 11.8 Å². The van der Waals surface area contributed by atoms with Crippen LogP contribution in [0.3, 0.4) is 0 Å². The van der Waals surface area contributed by atoms with Gasteiger partial charge in [-0.25, -0.2) is 5.43 Å². The van der Waals surface area contributed by atoms with E-state index in [2.05, 4.69) is 36.8 Å². The molecule has 17 heavy (non-hydrogen) atoms. The maximum Gasteiger partial charge on any atom is 0.137 e. The smallest absolute Gasteiger partial charge is 0.137 e. The predicted molar refractivity (Wildman–Crippen MR) is 74.0 cm³/mol. The van der Waals surface area contributed by atoms with Crippen LogP contribution in [0, 0.1) is 6.92 Å². The van der Waals surface area contributed by atoms with Gasteiger partial charge < -0.3 is 4.42 Å². The SMILES string of the molecule is CSCCC(NN)c1cc2cccc(C)c2o1. The molecule has 1 aromatic carbocycles. The molecule has 4 heteroatoms. The van der Waals surface area contributed by atoms with Gasteiger partial charge in [-0.1, -0.05) is 18.2 Å². The average Bonchev–Trinajstić information content (AvgIpc) is 2.75. The number of rotatable bonds is 5. The van der Waals surface area contributed by atoms with Crippen LogP contribution in [0.2, 0.25) is 0 Å². The maximum atomic E-state index is 5.90. The molecular weight excluding hydrogens is 232 g/mol. The summed E-state index contributed by atoms with van der Waals surface area (Å²) in [4.78, 5) is 0. The number of hydrogen-bond donors (Lipinski definition) is 2. The van der Waals surface area contributed by atoms with Gasteiger partial charge in [0.15, 0.2) is 0 Å². The van der Waals surface area contributed by atoms with E-state index in [4.69, 9.17) is 10.3 Å². The zero-order valence-electron chi connectivity index (χ0n) is 10.2. The second kappa shape index (κ2) is 5.58.